The quantitative estimate of drug-likeness (QED) is 0.852. The average molecular weight is 353 g/mol. The molecule has 118 valence electrons. The van der Waals surface area contributed by atoms with Gasteiger partial charge in [-0.25, -0.2) is 9.29 Å². The first-order chi connectivity index (χ1) is 11.0. The van der Waals surface area contributed by atoms with Crippen LogP contribution in [0.15, 0.2) is 42.5 Å². The number of imide groups is 1. The molecule has 0 spiro atoms. The topological polar surface area (TPSA) is 49.4 Å². The van der Waals surface area contributed by atoms with Crippen LogP contribution in [0.5, 0.6) is 0 Å². The van der Waals surface area contributed by atoms with Crippen molar-refractivity contribution in [1.82, 2.24) is 0 Å². The summed E-state index contributed by atoms with van der Waals surface area (Å²) in [4.78, 5) is 25.5. The Morgan fingerprint density at radius 3 is 2.57 bits per heavy atom. The highest BCUT2D eigenvalue weighted by molar-refractivity contribution is 6.42. The minimum atomic E-state index is -0.733. The Balaban J connectivity index is 1.82. The summed E-state index contributed by atoms with van der Waals surface area (Å²) in [5, 5.41) is 3.69. The fourth-order valence-electron chi connectivity index (χ4n) is 2.42. The van der Waals surface area contributed by atoms with Crippen LogP contribution < -0.4 is 10.2 Å². The van der Waals surface area contributed by atoms with E-state index in [9.17, 15) is 14.0 Å². The van der Waals surface area contributed by atoms with Crippen LogP contribution in [0.4, 0.5) is 15.8 Å². The molecule has 3 rings (SSSR count). The molecular weight excluding hydrogens is 342 g/mol. The van der Waals surface area contributed by atoms with Gasteiger partial charge in [0.1, 0.15) is 11.9 Å². The Labute approximate surface area is 141 Å². The minimum Gasteiger partial charge on any atom is -0.373 e. The summed E-state index contributed by atoms with van der Waals surface area (Å²) in [6, 6.07) is 9.46. The molecule has 4 nitrogen and oxygen atoms in total. The molecule has 1 atom stereocenters. The zero-order valence-corrected chi connectivity index (χ0v) is 13.2. The molecule has 1 aliphatic rings. The van der Waals surface area contributed by atoms with Crippen molar-refractivity contribution < 1.29 is 14.0 Å². The normalized spacial score (nSPS) is 17.7. The van der Waals surface area contributed by atoms with E-state index >= 15 is 0 Å². The predicted molar refractivity (Wildman–Crippen MR) is 87.4 cm³/mol. The van der Waals surface area contributed by atoms with Crippen molar-refractivity contribution in [3.63, 3.8) is 0 Å². The molecule has 2 aromatic rings. The van der Waals surface area contributed by atoms with E-state index < -0.39 is 23.7 Å². The van der Waals surface area contributed by atoms with Gasteiger partial charge in [-0.2, -0.15) is 0 Å². The molecule has 2 aromatic carbocycles. The van der Waals surface area contributed by atoms with Crippen molar-refractivity contribution in [2.45, 2.75) is 12.5 Å². The largest absolute Gasteiger partial charge is 0.373 e. The second kappa shape index (κ2) is 6.18. The molecule has 1 aliphatic heterocycles. The van der Waals surface area contributed by atoms with E-state index in [2.05, 4.69) is 5.32 Å². The predicted octanol–water partition coefficient (Wildman–Crippen LogP) is 3.88. The second-order valence-electron chi connectivity index (χ2n) is 5.08. The van der Waals surface area contributed by atoms with Gasteiger partial charge in [-0.15, -0.1) is 0 Å². The molecule has 1 fully saturated rings. The number of carbonyl (C=O) groups is 2. The molecule has 0 unspecified atom stereocenters. The van der Waals surface area contributed by atoms with Crippen molar-refractivity contribution in [3.05, 3.63) is 58.3 Å². The number of carbonyl (C=O) groups excluding carboxylic acids is 2. The minimum absolute atomic E-state index is 0.0183. The Morgan fingerprint density at radius 2 is 1.87 bits per heavy atom. The van der Waals surface area contributed by atoms with E-state index in [1.54, 1.807) is 18.2 Å². The maximum Gasteiger partial charge on any atom is 0.256 e. The molecule has 0 radical (unpaired) electrons. The smallest absolute Gasteiger partial charge is 0.256 e. The summed E-state index contributed by atoms with van der Waals surface area (Å²) < 4.78 is 13.3. The molecule has 0 saturated carbocycles. The maximum atomic E-state index is 13.3. The van der Waals surface area contributed by atoms with Crippen LogP contribution in [0.2, 0.25) is 10.0 Å². The van der Waals surface area contributed by atoms with Gasteiger partial charge in [0.25, 0.3) is 5.91 Å². The third kappa shape index (κ3) is 3.16. The number of halogens is 3. The van der Waals surface area contributed by atoms with Gasteiger partial charge < -0.3 is 5.32 Å². The van der Waals surface area contributed by atoms with Crippen LogP contribution in [0.1, 0.15) is 6.42 Å². The molecular formula is C16H11Cl2FN2O2. The summed E-state index contributed by atoms with van der Waals surface area (Å²) in [5.41, 5.74) is 0.796. The van der Waals surface area contributed by atoms with Crippen LogP contribution in [0, 0.1) is 5.82 Å². The zero-order valence-electron chi connectivity index (χ0n) is 11.7. The van der Waals surface area contributed by atoms with Crippen molar-refractivity contribution in [1.29, 1.82) is 0 Å². The van der Waals surface area contributed by atoms with Crippen LogP contribution in [0.25, 0.3) is 0 Å². The van der Waals surface area contributed by atoms with E-state index in [1.165, 1.54) is 18.2 Å². The lowest BCUT2D eigenvalue weighted by Crippen LogP contribution is -2.34. The summed E-state index contributed by atoms with van der Waals surface area (Å²) >= 11 is 11.8. The summed E-state index contributed by atoms with van der Waals surface area (Å²) in [7, 11) is 0. The Kier molecular flexibility index (Phi) is 4.24. The first-order valence-electron chi connectivity index (χ1n) is 6.79. The third-order valence-electron chi connectivity index (χ3n) is 3.47. The maximum absolute atomic E-state index is 13.3. The molecule has 1 N–H and O–H groups in total. The summed E-state index contributed by atoms with van der Waals surface area (Å²) in [6.45, 7) is 0. The molecule has 0 aliphatic carbocycles. The lowest BCUT2D eigenvalue weighted by Gasteiger charge is -2.16. The van der Waals surface area contributed by atoms with E-state index in [0.717, 1.165) is 11.0 Å². The first-order valence-corrected chi connectivity index (χ1v) is 7.55. The number of anilines is 2. The number of hydrogen-bond donors (Lipinski definition) is 1. The lowest BCUT2D eigenvalue weighted by atomic mass is 10.2. The highest BCUT2D eigenvalue weighted by Crippen LogP contribution is 2.28. The van der Waals surface area contributed by atoms with Crippen LogP contribution in [-0.4, -0.2) is 17.9 Å². The monoisotopic (exact) mass is 352 g/mol. The van der Waals surface area contributed by atoms with E-state index in [0.29, 0.717) is 15.7 Å². The second-order valence-corrected chi connectivity index (χ2v) is 5.89. The fourth-order valence-corrected chi connectivity index (χ4v) is 2.72. The fraction of sp³-hybridized carbons (Fsp3) is 0.125. The Morgan fingerprint density at radius 1 is 1.09 bits per heavy atom. The SMILES string of the molecule is O=C1C[C@H](Nc2ccc(Cl)c(Cl)c2)C(=O)N1c1cccc(F)c1. The lowest BCUT2D eigenvalue weighted by molar-refractivity contribution is -0.121. The molecule has 0 aromatic heterocycles. The van der Waals surface area contributed by atoms with E-state index in [-0.39, 0.29) is 12.1 Å². The van der Waals surface area contributed by atoms with Crippen molar-refractivity contribution in [2.24, 2.45) is 0 Å². The van der Waals surface area contributed by atoms with Crippen molar-refractivity contribution in [3.8, 4) is 0 Å². The number of benzene rings is 2. The summed E-state index contributed by atoms with van der Waals surface area (Å²) in [5.74, 6) is -1.34. The van der Waals surface area contributed by atoms with Crippen molar-refractivity contribution >= 4 is 46.4 Å². The number of rotatable bonds is 3. The van der Waals surface area contributed by atoms with Crippen LogP contribution in [0.3, 0.4) is 0 Å². The molecule has 0 bridgehead atoms. The van der Waals surface area contributed by atoms with Crippen LogP contribution >= 0.6 is 23.2 Å². The van der Waals surface area contributed by atoms with E-state index in [4.69, 9.17) is 23.2 Å². The molecule has 2 amide bonds. The van der Waals surface area contributed by atoms with E-state index in [1.807, 2.05) is 0 Å². The number of nitrogens with zero attached hydrogens (tertiary/aromatic N) is 1. The van der Waals surface area contributed by atoms with Gasteiger partial charge in [0, 0.05) is 5.69 Å². The average Bonchev–Trinajstić information content (AvgIpc) is 2.77. The highest BCUT2D eigenvalue weighted by Gasteiger charge is 2.39. The number of hydrogen-bond acceptors (Lipinski definition) is 3. The molecule has 23 heavy (non-hydrogen) atoms. The first kappa shape index (κ1) is 15.8. The van der Waals surface area contributed by atoms with Gasteiger partial charge >= 0.3 is 0 Å². The highest BCUT2D eigenvalue weighted by atomic mass is 35.5. The number of nitrogens with one attached hydrogen (secondary N) is 1. The number of amides is 2. The van der Waals surface area contributed by atoms with Gasteiger partial charge in [-0.3, -0.25) is 9.59 Å². The third-order valence-corrected chi connectivity index (χ3v) is 4.21. The molecule has 7 heteroatoms. The standard InChI is InChI=1S/C16H11Cl2FN2O2/c17-12-5-4-10(7-13(12)18)20-14-8-15(22)21(16(14)23)11-3-1-2-9(19)6-11/h1-7,14,20H,8H2/t14-/m0/s1. The van der Waals surface area contributed by atoms with Gasteiger partial charge in [-0.1, -0.05) is 29.3 Å². The Hall–Kier alpha value is -2.11. The molecule has 1 saturated heterocycles. The van der Waals surface area contributed by atoms with Gasteiger partial charge in [0.2, 0.25) is 5.91 Å². The molecule has 1 heterocycles. The van der Waals surface area contributed by atoms with Crippen molar-refractivity contribution in [2.75, 3.05) is 10.2 Å². The van der Waals surface area contributed by atoms with Gasteiger partial charge in [-0.05, 0) is 36.4 Å². The van der Waals surface area contributed by atoms with Crippen LogP contribution in [-0.2, 0) is 9.59 Å². The van der Waals surface area contributed by atoms with Gasteiger partial charge in [0.05, 0.1) is 22.2 Å². The summed E-state index contributed by atoms with van der Waals surface area (Å²) in [6.07, 6.45) is -0.0183. The Bertz CT molecular complexity index is 797. The van der Waals surface area contributed by atoms with Gasteiger partial charge in [0.15, 0.2) is 0 Å². The zero-order chi connectivity index (χ0) is 16.6.